The largest absolute Gasteiger partial charge is 0.321 e. The fourth-order valence-electron chi connectivity index (χ4n) is 3.48. The van der Waals surface area contributed by atoms with Gasteiger partial charge in [-0.1, -0.05) is 59.1 Å². The van der Waals surface area contributed by atoms with Crippen LogP contribution in [-0.2, 0) is 0 Å². The molecule has 0 saturated heterocycles. The summed E-state index contributed by atoms with van der Waals surface area (Å²) in [6.45, 7) is 0. The average molecular weight is 575 g/mol. The lowest BCUT2D eigenvalue weighted by Crippen LogP contribution is -2.41. The molecular weight excluding hydrogens is 561 g/mol. The monoisotopic (exact) mass is 573 g/mol. The number of carbonyl (C=O) groups is 3. The first kappa shape index (κ1) is 24.5. The highest BCUT2D eigenvalue weighted by Crippen LogP contribution is 2.37. The molecule has 2 aromatic heterocycles. The minimum Gasteiger partial charge on any atom is -0.321 e. The van der Waals surface area contributed by atoms with E-state index >= 15 is 0 Å². The van der Waals surface area contributed by atoms with Crippen molar-refractivity contribution in [3.63, 3.8) is 0 Å². The summed E-state index contributed by atoms with van der Waals surface area (Å²) in [6, 6.07) is 18.9. The molecule has 0 aliphatic carbocycles. The van der Waals surface area contributed by atoms with Crippen LogP contribution < -0.4 is 16.2 Å². The number of fused-ring (bicyclic) bond motifs is 2. The van der Waals surface area contributed by atoms with Gasteiger partial charge in [0.05, 0.1) is 10.0 Å². The van der Waals surface area contributed by atoms with Crippen molar-refractivity contribution < 1.29 is 14.4 Å². The first-order valence-electron chi connectivity index (χ1n) is 10.4. The van der Waals surface area contributed by atoms with Crippen LogP contribution in [0.3, 0.4) is 0 Å². The summed E-state index contributed by atoms with van der Waals surface area (Å²) in [6.07, 6.45) is 0. The fourth-order valence-corrected chi connectivity index (χ4v) is 6.58. The molecule has 5 aromatic rings. The molecule has 0 atom stereocenters. The Bertz CT molecular complexity index is 1660. The van der Waals surface area contributed by atoms with E-state index in [4.69, 9.17) is 34.8 Å². The van der Waals surface area contributed by atoms with E-state index in [1.54, 1.807) is 30.3 Å². The molecule has 0 aliphatic heterocycles. The Balaban J connectivity index is 1.22. The van der Waals surface area contributed by atoms with Gasteiger partial charge in [0.25, 0.3) is 17.7 Å². The number of nitrogens with one attached hydrogen (secondary N) is 3. The van der Waals surface area contributed by atoms with E-state index in [2.05, 4.69) is 16.2 Å². The van der Waals surface area contributed by atoms with Gasteiger partial charge >= 0.3 is 0 Å². The van der Waals surface area contributed by atoms with Crippen LogP contribution in [0.1, 0.15) is 29.7 Å². The van der Waals surface area contributed by atoms with Gasteiger partial charge in [-0.2, -0.15) is 0 Å². The molecule has 3 aromatic carbocycles. The Morgan fingerprint density at radius 1 is 0.639 bits per heavy atom. The predicted molar refractivity (Wildman–Crippen MR) is 148 cm³/mol. The third kappa shape index (κ3) is 4.78. The number of amides is 3. The first-order chi connectivity index (χ1) is 17.3. The highest BCUT2D eigenvalue weighted by Gasteiger charge is 2.19. The van der Waals surface area contributed by atoms with E-state index in [1.807, 2.05) is 24.3 Å². The molecule has 0 unspecified atom stereocenters. The molecular formula is C25H14Cl3N3O3S2. The van der Waals surface area contributed by atoms with Crippen molar-refractivity contribution in [2.24, 2.45) is 0 Å². The van der Waals surface area contributed by atoms with Crippen molar-refractivity contribution in [1.29, 1.82) is 0 Å². The summed E-state index contributed by atoms with van der Waals surface area (Å²) < 4.78 is 1.68. The zero-order valence-electron chi connectivity index (χ0n) is 18.0. The molecule has 0 aliphatic rings. The van der Waals surface area contributed by atoms with Crippen LogP contribution >= 0.6 is 57.5 Å². The van der Waals surface area contributed by atoms with E-state index in [1.165, 1.54) is 34.8 Å². The lowest BCUT2D eigenvalue weighted by atomic mass is 10.2. The molecule has 0 bridgehead atoms. The number of hydrogen-bond donors (Lipinski definition) is 3. The SMILES string of the molecule is O=C(NNC(=O)c1sc2cc(Cl)ccc2c1Cl)c1ccc(NC(=O)c2sc3ccccc3c2Cl)cc1. The Hall–Kier alpha value is -3.14. The van der Waals surface area contributed by atoms with Gasteiger partial charge < -0.3 is 5.32 Å². The third-order valence-electron chi connectivity index (χ3n) is 5.23. The maximum Gasteiger partial charge on any atom is 0.281 e. The van der Waals surface area contributed by atoms with Gasteiger partial charge in [-0.25, -0.2) is 0 Å². The van der Waals surface area contributed by atoms with E-state index < -0.39 is 11.8 Å². The third-order valence-corrected chi connectivity index (χ3v) is 8.80. The molecule has 5 rings (SSSR count). The lowest BCUT2D eigenvalue weighted by molar-refractivity contribution is 0.0849. The minimum absolute atomic E-state index is 0.257. The molecule has 3 amide bonds. The van der Waals surface area contributed by atoms with Crippen LogP contribution in [0.2, 0.25) is 15.1 Å². The molecule has 180 valence electrons. The van der Waals surface area contributed by atoms with Crippen LogP contribution in [0, 0.1) is 0 Å². The van der Waals surface area contributed by atoms with E-state index in [-0.39, 0.29) is 21.4 Å². The highest BCUT2D eigenvalue weighted by molar-refractivity contribution is 7.22. The van der Waals surface area contributed by atoms with E-state index in [0.717, 1.165) is 14.8 Å². The number of carbonyl (C=O) groups excluding carboxylic acids is 3. The van der Waals surface area contributed by atoms with Gasteiger partial charge in [-0.05, 0) is 42.5 Å². The Morgan fingerprint density at radius 2 is 1.25 bits per heavy atom. The van der Waals surface area contributed by atoms with Crippen molar-refractivity contribution in [2.75, 3.05) is 5.32 Å². The highest BCUT2D eigenvalue weighted by atomic mass is 35.5. The predicted octanol–water partition coefficient (Wildman–Crippen LogP) is 7.40. The van der Waals surface area contributed by atoms with Crippen molar-refractivity contribution in [3.05, 3.63) is 97.1 Å². The second-order valence-electron chi connectivity index (χ2n) is 7.57. The number of benzene rings is 3. The van der Waals surface area contributed by atoms with Crippen molar-refractivity contribution in [1.82, 2.24) is 10.9 Å². The van der Waals surface area contributed by atoms with Gasteiger partial charge in [-0.3, -0.25) is 25.2 Å². The molecule has 3 N–H and O–H groups in total. The molecule has 6 nitrogen and oxygen atoms in total. The standard InChI is InChI=1S/C25H14Cl3N3O3S2/c26-13-7-10-16-18(11-13)36-22(20(16)28)25(34)31-30-23(32)12-5-8-14(9-6-12)29-24(33)21-19(27)15-3-1-2-4-17(15)35-21/h1-11H,(H,29,33)(H,30,32)(H,31,34). The number of halogens is 3. The summed E-state index contributed by atoms with van der Waals surface area (Å²) in [5.41, 5.74) is 5.51. The zero-order valence-corrected chi connectivity index (χ0v) is 21.9. The Kier molecular flexibility index (Phi) is 6.87. The van der Waals surface area contributed by atoms with Gasteiger partial charge in [0.1, 0.15) is 9.75 Å². The minimum atomic E-state index is -0.547. The maximum atomic E-state index is 12.7. The van der Waals surface area contributed by atoms with Crippen LogP contribution in [0.5, 0.6) is 0 Å². The number of anilines is 1. The second kappa shape index (κ2) is 10.1. The number of hydrogen-bond acceptors (Lipinski definition) is 5. The molecule has 36 heavy (non-hydrogen) atoms. The summed E-state index contributed by atoms with van der Waals surface area (Å²) in [5.74, 6) is -1.42. The fraction of sp³-hybridized carbons (Fsp3) is 0. The summed E-state index contributed by atoms with van der Waals surface area (Å²) in [7, 11) is 0. The smallest absolute Gasteiger partial charge is 0.281 e. The van der Waals surface area contributed by atoms with Crippen LogP contribution in [-0.4, -0.2) is 17.7 Å². The molecule has 11 heteroatoms. The normalized spacial score (nSPS) is 11.0. The van der Waals surface area contributed by atoms with Crippen molar-refractivity contribution in [3.8, 4) is 0 Å². The number of rotatable bonds is 4. The molecule has 0 radical (unpaired) electrons. The molecule has 0 fully saturated rings. The molecule has 0 saturated carbocycles. The molecule has 2 heterocycles. The van der Waals surface area contributed by atoms with Crippen molar-refractivity contribution >= 4 is 101 Å². The van der Waals surface area contributed by atoms with Crippen LogP contribution in [0.4, 0.5) is 5.69 Å². The maximum absolute atomic E-state index is 12.7. The van der Waals surface area contributed by atoms with Gasteiger partial charge in [-0.15, -0.1) is 22.7 Å². The van der Waals surface area contributed by atoms with Crippen LogP contribution in [0.25, 0.3) is 20.2 Å². The second-order valence-corrected chi connectivity index (χ2v) is 10.9. The summed E-state index contributed by atoms with van der Waals surface area (Å²) in [5, 5.41) is 5.54. The Labute approximate surface area is 227 Å². The van der Waals surface area contributed by atoms with Gasteiger partial charge in [0.2, 0.25) is 0 Å². The van der Waals surface area contributed by atoms with E-state index in [0.29, 0.717) is 26.0 Å². The lowest BCUT2D eigenvalue weighted by Gasteiger charge is -2.08. The van der Waals surface area contributed by atoms with Gasteiger partial charge in [0, 0.05) is 36.4 Å². The van der Waals surface area contributed by atoms with Gasteiger partial charge in [0.15, 0.2) is 0 Å². The quantitative estimate of drug-likeness (QED) is 0.195. The summed E-state index contributed by atoms with van der Waals surface area (Å²) >= 11 is 21.2. The zero-order chi connectivity index (χ0) is 25.4. The number of thiophene rings is 2. The van der Waals surface area contributed by atoms with Crippen LogP contribution in [0.15, 0.2) is 66.7 Å². The Morgan fingerprint density at radius 3 is 1.97 bits per heavy atom. The first-order valence-corrected chi connectivity index (χ1v) is 13.1. The van der Waals surface area contributed by atoms with E-state index in [9.17, 15) is 14.4 Å². The topological polar surface area (TPSA) is 87.3 Å². The number of hydrazine groups is 1. The average Bonchev–Trinajstić information content (AvgIpc) is 3.39. The molecule has 0 spiro atoms. The van der Waals surface area contributed by atoms with Crippen molar-refractivity contribution in [2.45, 2.75) is 0 Å². The summed E-state index contributed by atoms with van der Waals surface area (Å²) in [4.78, 5) is 38.5.